The number of rotatable bonds is 3. The van der Waals surface area contributed by atoms with Gasteiger partial charge in [-0.05, 0) is 28.9 Å². The smallest absolute Gasteiger partial charge is 0.0349 e. The van der Waals surface area contributed by atoms with E-state index in [4.69, 9.17) is 5.73 Å². The molecule has 19 heavy (non-hydrogen) atoms. The van der Waals surface area contributed by atoms with Gasteiger partial charge in [-0.3, -0.25) is 4.90 Å². The molecule has 1 aliphatic rings. The maximum absolute atomic E-state index is 5.94. The van der Waals surface area contributed by atoms with Crippen LogP contribution in [0.5, 0.6) is 0 Å². The number of fused-ring (bicyclic) bond motifs is 1. The largest absolute Gasteiger partial charge is 0.326 e. The summed E-state index contributed by atoms with van der Waals surface area (Å²) < 4.78 is 1.37. The lowest BCUT2D eigenvalue weighted by Gasteiger charge is -2.16. The predicted molar refractivity (Wildman–Crippen MR) is 83.3 cm³/mol. The van der Waals surface area contributed by atoms with Gasteiger partial charge in [0, 0.05) is 35.8 Å². The van der Waals surface area contributed by atoms with Crippen LogP contribution in [0.15, 0.2) is 24.3 Å². The van der Waals surface area contributed by atoms with Crippen LogP contribution in [0.1, 0.15) is 24.3 Å². The highest BCUT2D eigenvalue weighted by Crippen LogP contribution is 2.33. The first kappa shape index (κ1) is 13.1. The molecule has 1 saturated heterocycles. The topological polar surface area (TPSA) is 29.3 Å². The van der Waals surface area contributed by atoms with Gasteiger partial charge in [-0.25, -0.2) is 0 Å². The summed E-state index contributed by atoms with van der Waals surface area (Å²) in [5.74, 6) is 1.62. The molecule has 0 saturated carbocycles. The number of nitrogens with zero attached hydrogens (tertiary/aromatic N) is 1. The van der Waals surface area contributed by atoms with Crippen molar-refractivity contribution in [2.75, 3.05) is 13.1 Å². The number of hydrogen-bond acceptors (Lipinski definition) is 3. The van der Waals surface area contributed by atoms with Crippen LogP contribution in [0.25, 0.3) is 10.1 Å². The fraction of sp³-hybridized carbons (Fsp3) is 0.500. The Morgan fingerprint density at radius 3 is 2.58 bits per heavy atom. The molecule has 2 atom stereocenters. The Bertz CT molecular complexity index is 565. The van der Waals surface area contributed by atoms with Gasteiger partial charge >= 0.3 is 0 Å². The Morgan fingerprint density at radius 2 is 1.89 bits per heavy atom. The van der Waals surface area contributed by atoms with Crippen LogP contribution in [-0.4, -0.2) is 18.0 Å². The SMILES string of the molecule is CC1CN(Cc2c(CN)sc3ccccc23)CC1C. The third-order valence-electron chi connectivity index (χ3n) is 4.41. The summed E-state index contributed by atoms with van der Waals surface area (Å²) in [6.45, 7) is 8.88. The molecule has 2 N–H and O–H groups in total. The minimum absolute atomic E-state index is 0.660. The van der Waals surface area contributed by atoms with Crippen LogP contribution < -0.4 is 5.73 Å². The number of benzene rings is 1. The summed E-state index contributed by atoms with van der Waals surface area (Å²) in [5, 5.41) is 1.40. The van der Waals surface area contributed by atoms with Crippen molar-refractivity contribution in [2.24, 2.45) is 17.6 Å². The van der Waals surface area contributed by atoms with Crippen molar-refractivity contribution in [1.82, 2.24) is 4.90 Å². The van der Waals surface area contributed by atoms with Gasteiger partial charge in [0.1, 0.15) is 0 Å². The van der Waals surface area contributed by atoms with Crippen molar-refractivity contribution in [2.45, 2.75) is 26.9 Å². The van der Waals surface area contributed by atoms with E-state index in [-0.39, 0.29) is 0 Å². The lowest BCUT2D eigenvalue weighted by atomic mass is 10.0. The quantitative estimate of drug-likeness (QED) is 0.929. The normalized spacial score (nSPS) is 24.4. The van der Waals surface area contributed by atoms with Gasteiger partial charge in [0.2, 0.25) is 0 Å². The van der Waals surface area contributed by atoms with Gasteiger partial charge in [-0.2, -0.15) is 0 Å². The van der Waals surface area contributed by atoms with E-state index < -0.39 is 0 Å². The molecule has 2 aromatic rings. The van der Waals surface area contributed by atoms with Crippen LogP contribution in [0.2, 0.25) is 0 Å². The number of hydrogen-bond donors (Lipinski definition) is 1. The Morgan fingerprint density at radius 1 is 1.21 bits per heavy atom. The Labute approximate surface area is 119 Å². The molecule has 3 heteroatoms. The monoisotopic (exact) mass is 274 g/mol. The van der Waals surface area contributed by atoms with Crippen molar-refractivity contribution in [3.05, 3.63) is 34.7 Å². The molecule has 3 rings (SSSR count). The van der Waals surface area contributed by atoms with E-state index in [1.54, 1.807) is 0 Å². The van der Waals surface area contributed by atoms with Crippen LogP contribution in [0.3, 0.4) is 0 Å². The van der Waals surface area contributed by atoms with Gasteiger partial charge in [-0.1, -0.05) is 32.0 Å². The van der Waals surface area contributed by atoms with Crippen molar-refractivity contribution >= 4 is 21.4 Å². The van der Waals surface area contributed by atoms with Crippen LogP contribution in [0.4, 0.5) is 0 Å². The number of thiophene rings is 1. The molecule has 0 amide bonds. The lowest BCUT2D eigenvalue weighted by molar-refractivity contribution is 0.317. The van der Waals surface area contributed by atoms with Crippen molar-refractivity contribution in [1.29, 1.82) is 0 Å². The highest BCUT2D eigenvalue weighted by atomic mass is 32.1. The van der Waals surface area contributed by atoms with Gasteiger partial charge in [0.15, 0.2) is 0 Å². The first-order chi connectivity index (χ1) is 9.19. The molecule has 0 radical (unpaired) electrons. The molecular formula is C16H22N2S. The third kappa shape index (κ3) is 2.42. The first-order valence-corrected chi connectivity index (χ1v) is 7.92. The second kappa shape index (κ2) is 5.23. The number of likely N-dealkylation sites (tertiary alicyclic amines) is 1. The standard InChI is InChI=1S/C16H22N2S/c1-11-8-18(9-12(11)2)10-14-13-5-3-4-6-15(13)19-16(14)7-17/h3-6,11-12H,7-10,17H2,1-2H3. The third-order valence-corrected chi connectivity index (χ3v) is 5.65. The van der Waals surface area contributed by atoms with E-state index >= 15 is 0 Å². The highest BCUT2D eigenvalue weighted by Gasteiger charge is 2.27. The van der Waals surface area contributed by atoms with Crippen LogP contribution in [0, 0.1) is 11.8 Å². The first-order valence-electron chi connectivity index (χ1n) is 7.10. The van der Waals surface area contributed by atoms with Crippen molar-refractivity contribution < 1.29 is 0 Å². The molecule has 0 aliphatic carbocycles. The van der Waals surface area contributed by atoms with Crippen molar-refractivity contribution in [3.8, 4) is 0 Å². The van der Waals surface area contributed by atoms with E-state index in [0.717, 1.165) is 18.4 Å². The van der Waals surface area contributed by atoms with Crippen LogP contribution >= 0.6 is 11.3 Å². The lowest BCUT2D eigenvalue weighted by Crippen LogP contribution is -2.20. The molecule has 102 valence electrons. The maximum atomic E-state index is 5.94. The van der Waals surface area contributed by atoms with E-state index in [1.807, 2.05) is 11.3 Å². The molecule has 1 aromatic carbocycles. The molecular weight excluding hydrogens is 252 g/mol. The average molecular weight is 274 g/mol. The predicted octanol–water partition coefficient (Wildman–Crippen LogP) is 3.45. The zero-order valence-corrected chi connectivity index (χ0v) is 12.5. The van der Waals surface area contributed by atoms with E-state index in [0.29, 0.717) is 6.54 Å². The molecule has 2 heterocycles. The Kier molecular flexibility index (Phi) is 3.61. The molecule has 1 aliphatic heterocycles. The van der Waals surface area contributed by atoms with E-state index in [2.05, 4.69) is 43.0 Å². The molecule has 2 nitrogen and oxygen atoms in total. The zero-order chi connectivity index (χ0) is 13.4. The Hall–Kier alpha value is -0.900. The second-order valence-corrected chi connectivity index (χ2v) is 6.99. The minimum Gasteiger partial charge on any atom is -0.326 e. The summed E-state index contributed by atoms with van der Waals surface area (Å²) in [7, 11) is 0. The van der Waals surface area contributed by atoms with Crippen LogP contribution in [-0.2, 0) is 13.1 Å². The number of nitrogens with two attached hydrogens (primary N) is 1. The molecule has 0 bridgehead atoms. The fourth-order valence-electron chi connectivity index (χ4n) is 3.09. The zero-order valence-electron chi connectivity index (χ0n) is 11.7. The molecule has 1 aromatic heterocycles. The van der Waals surface area contributed by atoms with Gasteiger partial charge < -0.3 is 5.73 Å². The van der Waals surface area contributed by atoms with Gasteiger partial charge in [-0.15, -0.1) is 11.3 Å². The summed E-state index contributed by atoms with van der Waals surface area (Å²) >= 11 is 1.86. The molecule has 2 unspecified atom stereocenters. The summed E-state index contributed by atoms with van der Waals surface area (Å²) in [4.78, 5) is 3.94. The molecule has 1 fully saturated rings. The average Bonchev–Trinajstić information content (AvgIpc) is 2.92. The second-order valence-electron chi connectivity index (χ2n) is 5.85. The maximum Gasteiger partial charge on any atom is 0.0349 e. The van der Waals surface area contributed by atoms with E-state index in [9.17, 15) is 0 Å². The molecule has 0 spiro atoms. The van der Waals surface area contributed by atoms with Gasteiger partial charge in [0.05, 0.1) is 0 Å². The highest BCUT2D eigenvalue weighted by molar-refractivity contribution is 7.19. The Balaban J connectivity index is 1.91. The summed E-state index contributed by atoms with van der Waals surface area (Å²) in [5.41, 5.74) is 7.40. The van der Waals surface area contributed by atoms with Crippen molar-refractivity contribution in [3.63, 3.8) is 0 Å². The minimum atomic E-state index is 0.660. The summed E-state index contributed by atoms with van der Waals surface area (Å²) in [6.07, 6.45) is 0. The van der Waals surface area contributed by atoms with E-state index in [1.165, 1.54) is 33.6 Å². The fourth-order valence-corrected chi connectivity index (χ4v) is 4.18. The van der Waals surface area contributed by atoms with Gasteiger partial charge in [0.25, 0.3) is 0 Å². The summed E-state index contributed by atoms with van der Waals surface area (Å²) in [6, 6.07) is 8.69.